The minimum atomic E-state index is -1.11. The van der Waals surface area contributed by atoms with Crippen molar-refractivity contribution in [2.45, 2.75) is 13.3 Å². The summed E-state index contributed by atoms with van der Waals surface area (Å²) in [6, 6.07) is 3.50. The molecule has 0 atom stereocenters. The number of hydrogen-bond acceptors (Lipinski definition) is 3. The number of carboxylic acids is 1. The van der Waals surface area contributed by atoms with E-state index >= 15 is 0 Å². The number of hydrogen-bond donors (Lipinski definition) is 1. The smallest absolute Gasteiger partial charge is 0.356 e. The van der Waals surface area contributed by atoms with E-state index in [1.54, 1.807) is 22.7 Å². The van der Waals surface area contributed by atoms with Crippen LogP contribution in [0.15, 0.2) is 22.8 Å². The Balaban J connectivity index is 2.75. The van der Waals surface area contributed by atoms with E-state index in [1.807, 2.05) is 0 Å². The topological polar surface area (TPSA) is 71.7 Å². The highest BCUT2D eigenvalue weighted by atomic mass is 79.9. The number of Topliss-reactive ketones (excluding diaryl/α,β-unsaturated/α-hetero) is 1. The molecule has 0 aromatic carbocycles. The van der Waals surface area contributed by atoms with Gasteiger partial charge in [-0.05, 0) is 35.0 Å². The van der Waals surface area contributed by atoms with E-state index in [0.29, 0.717) is 15.8 Å². The van der Waals surface area contributed by atoms with Gasteiger partial charge in [-0.25, -0.2) is 9.78 Å². The van der Waals surface area contributed by atoms with Gasteiger partial charge in [0.1, 0.15) is 11.6 Å². The fourth-order valence-corrected chi connectivity index (χ4v) is 2.19. The minimum Gasteiger partial charge on any atom is -0.476 e. The fraction of sp³-hybridized carbons (Fsp3) is 0.182. The Hall–Kier alpha value is -1.69. The molecule has 2 rings (SSSR count). The van der Waals surface area contributed by atoms with Crippen molar-refractivity contribution in [2.24, 2.45) is 0 Å². The van der Waals surface area contributed by atoms with Crippen LogP contribution in [0.5, 0.6) is 0 Å². The lowest BCUT2D eigenvalue weighted by Gasteiger charge is -1.99. The van der Waals surface area contributed by atoms with Crippen molar-refractivity contribution in [1.29, 1.82) is 0 Å². The zero-order valence-electron chi connectivity index (χ0n) is 8.98. The van der Waals surface area contributed by atoms with Gasteiger partial charge in [0, 0.05) is 10.7 Å². The highest BCUT2D eigenvalue weighted by Crippen LogP contribution is 2.23. The number of fused-ring (bicyclic) bond motifs is 1. The standard InChI is InChI=1S/C11H9BrN2O3/c1-6(15)5-8-13-9(11(16)17)10-7(12)3-2-4-14(8)10/h2-4H,5H2,1H3,(H,16,17). The van der Waals surface area contributed by atoms with Crippen molar-refractivity contribution in [3.05, 3.63) is 34.3 Å². The Morgan fingerprint density at radius 1 is 1.53 bits per heavy atom. The number of ketones is 1. The molecule has 0 radical (unpaired) electrons. The molecule has 88 valence electrons. The molecule has 0 saturated carbocycles. The molecule has 0 amide bonds. The fourth-order valence-electron chi connectivity index (χ4n) is 1.66. The van der Waals surface area contributed by atoms with E-state index in [1.165, 1.54) is 6.92 Å². The molecule has 0 fully saturated rings. The second-order valence-electron chi connectivity index (χ2n) is 3.64. The molecule has 0 bridgehead atoms. The quantitative estimate of drug-likeness (QED) is 0.939. The van der Waals surface area contributed by atoms with Gasteiger partial charge in [0.25, 0.3) is 0 Å². The van der Waals surface area contributed by atoms with E-state index in [9.17, 15) is 9.59 Å². The summed E-state index contributed by atoms with van der Waals surface area (Å²) < 4.78 is 2.26. The van der Waals surface area contributed by atoms with E-state index in [2.05, 4.69) is 20.9 Å². The Bertz CT molecular complexity index is 618. The summed E-state index contributed by atoms with van der Waals surface area (Å²) in [5.74, 6) is -0.732. The molecule has 5 nitrogen and oxygen atoms in total. The highest BCUT2D eigenvalue weighted by Gasteiger charge is 2.19. The third-order valence-corrected chi connectivity index (χ3v) is 2.94. The van der Waals surface area contributed by atoms with Gasteiger partial charge in [0.2, 0.25) is 0 Å². The number of halogens is 1. The van der Waals surface area contributed by atoms with Crippen molar-refractivity contribution in [1.82, 2.24) is 9.38 Å². The van der Waals surface area contributed by atoms with Crippen LogP contribution in [0, 0.1) is 0 Å². The Labute approximate surface area is 105 Å². The highest BCUT2D eigenvalue weighted by molar-refractivity contribution is 9.10. The Morgan fingerprint density at radius 3 is 2.82 bits per heavy atom. The number of aromatic carboxylic acids is 1. The van der Waals surface area contributed by atoms with Crippen LogP contribution in [0.3, 0.4) is 0 Å². The number of carbonyl (C=O) groups excluding carboxylic acids is 1. The Kier molecular flexibility index (Phi) is 2.97. The van der Waals surface area contributed by atoms with E-state index in [0.717, 1.165) is 0 Å². The molecular weight excluding hydrogens is 288 g/mol. The van der Waals surface area contributed by atoms with Crippen molar-refractivity contribution in [2.75, 3.05) is 0 Å². The van der Waals surface area contributed by atoms with Crippen molar-refractivity contribution < 1.29 is 14.7 Å². The number of nitrogens with zero attached hydrogens (tertiary/aromatic N) is 2. The number of pyridine rings is 1. The third-order valence-electron chi connectivity index (χ3n) is 2.30. The van der Waals surface area contributed by atoms with Crippen LogP contribution in [0.4, 0.5) is 0 Å². The first-order chi connectivity index (χ1) is 8.00. The molecule has 0 unspecified atom stereocenters. The van der Waals surface area contributed by atoms with Crippen LogP contribution >= 0.6 is 15.9 Å². The number of imidazole rings is 1. The number of aromatic nitrogens is 2. The molecule has 2 aromatic heterocycles. The molecule has 0 saturated heterocycles. The van der Waals surface area contributed by atoms with Crippen molar-refractivity contribution in [3.63, 3.8) is 0 Å². The van der Waals surface area contributed by atoms with Gasteiger partial charge in [-0.3, -0.25) is 4.79 Å². The molecular formula is C11H9BrN2O3. The van der Waals surface area contributed by atoms with Gasteiger partial charge in [0.05, 0.1) is 11.9 Å². The first kappa shape index (κ1) is 11.8. The summed E-state index contributed by atoms with van der Waals surface area (Å²) in [6.07, 6.45) is 1.81. The van der Waals surface area contributed by atoms with Gasteiger partial charge in [-0.2, -0.15) is 0 Å². The van der Waals surface area contributed by atoms with Crippen molar-refractivity contribution in [3.8, 4) is 0 Å². The molecule has 0 aliphatic carbocycles. The van der Waals surface area contributed by atoms with Crippen LogP contribution < -0.4 is 0 Å². The molecule has 0 spiro atoms. The zero-order chi connectivity index (χ0) is 12.6. The summed E-state index contributed by atoms with van der Waals surface area (Å²) in [5.41, 5.74) is 0.421. The molecule has 6 heteroatoms. The lowest BCUT2D eigenvalue weighted by molar-refractivity contribution is -0.116. The maximum Gasteiger partial charge on any atom is 0.356 e. The monoisotopic (exact) mass is 296 g/mol. The lowest BCUT2D eigenvalue weighted by atomic mass is 10.3. The van der Waals surface area contributed by atoms with E-state index in [-0.39, 0.29) is 17.9 Å². The van der Waals surface area contributed by atoms with Gasteiger partial charge in [-0.1, -0.05) is 0 Å². The maximum atomic E-state index is 11.1. The van der Waals surface area contributed by atoms with Gasteiger partial charge < -0.3 is 9.51 Å². The summed E-state index contributed by atoms with van der Waals surface area (Å²) in [4.78, 5) is 26.2. The predicted octanol–water partition coefficient (Wildman–Crippen LogP) is 1.93. The Morgan fingerprint density at radius 2 is 2.24 bits per heavy atom. The number of rotatable bonds is 3. The average molecular weight is 297 g/mol. The van der Waals surface area contributed by atoms with Gasteiger partial charge in [-0.15, -0.1) is 0 Å². The summed E-state index contributed by atoms with van der Waals surface area (Å²) >= 11 is 3.29. The number of carbonyl (C=O) groups is 2. The molecule has 17 heavy (non-hydrogen) atoms. The van der Waals surface area contributed by atoms with E-state index < -0.39 is 5.97 Å². The predicted molar refractivity (Wildman–Crippen MR) is 64.2 cm³/mol. The second kappa shape index (κ2) is 4.29. The van der Waals surface area contributed by atoms with Crippen LogP contribution in [0.25, 0.3) is 5.52 Å². The first-order valence-corrected chi connectivity index (χ1v) is 5.68. The van der Waals surface area contributed by atoms with Gasteiger partial charge in [0.15, 0.2) is 5.69 Å². The van der Waals surface area contributed by atoms with Crippen LogP contribution in [-0.4, -0.2) is 26.2 Å². The molecule has 1 N–H and O–H groups in total. The molecule has 2 heterocycles. The summed E-state index contributed by atoms with van der Waals surface area (Å²) in [5, 5.41) is 9.07. The summed E-state index contributed by atoms with van der Waals surface area (Å²) in [7, 11) is 0. The minimum absolute atomic E-state index is 0.0475. The lowest BCUT2D eigenvalue weighted by Crippen LogP contribution is -2.02. The van der Waals surface area contributed by atoms with Crippen molar-refractivity contribution >= 4 is 33.2 Å². The zero-order valence-corrected chi connectivity index (χ0v) is 10.6. The molecule has 0 aliphatic heterocycles. The summed E-state index contributed by atoms with van der Waals surface area (Å²) in [6.45, 7) is 1.44. The second-order valence-corrected chi connectivity index (χ2v) is 4.49. The molecule has 2 aromatic rings. The normalized spacial score (nSPS) is 10.7. The molecule has 0 aliphatic rings. The third kappa shape index (κ3) is 2.08. The van der Waals surface area contributed by atoms with Crippen LogP contribution in [-0.2, 0) is 11.2 Å². The SMILES string of the molecule is CC(=O)Cc1nc(C(=O)O)c2c(Br)cccn12. The van der Waals surface area contributed by atoms with Crippen LogP contribution in [0.2, 0.25) is 0 Å². The first-order valence-electron chi connectivity index (χ1n) is 4.89. The average Bonchev–Trinajstić information content (AvgIpc) is 2.58. The van der Waals surface area contributed by atoms with Gasteiger partial charge >= 0.3 is 5.97 Å². The van der Waals surface area contributed by atoms with Crippen LogP contribution in [0.1, 0.15) is 23.2 Å². The largest absolute Gasteiger partial charge is 0.476 e. The number of carboxylic acid groups (broad SMARTS) is 1. The van der Waals surface area contributed by atoms with E-state index in [4.69, 9.17) is 5.11 Å². The maximum absolute atomic E-state index is 11.1.